The summed E-state index contributed by atoms with van der Waals surface area (Å²) in [5.74, 6) is 0.160. The van der Waals surface area contributed by atoms with E-state index in [0.717, 1.165) is 6.42 Å². The third-order valence-electron chi connectivity index (χ3n) is 2.98. The van der Waals surface area contributed by atoms with Crippen molar-refractivity contribution in [2.24, 2.45) is 0 Å². The van der Waals surface area contributed by atoms with Crippen LogP contribution in [0, 0.1) is 6.92 Å². The van der Waals surface area contributed by atoms with Crippen LogP contribution >= 0.6 is 0 Å². The molecule has 0 saturated carbocycles. The Labute approximate surface area is 108 Å². The lowest BCUT2D eigenvalue weighted by molar-refractivity contribution is 0.184. The van der Waals surface area contributed by atoms with E-state index >= 15 is 0 Å². The Kier molecular flexibility index (Phi) is 6.04. The molecule has 5 nitrogen and oxygen atoms in total. The minimum Gasteiger partial charge on any atom is -0.506 e. The van der Waals surface area contributed by atoms with Crippen molar-refractivity contribution in [1.29, 1.82) is 0 Å². The minimum atomic E-state index is -0.121. The van der Waals surface area contributed by atoms with Crippen molar-refractivity contribution >= 4 is 0 Å². The van der Waals surface area contributed by atoms with Gasteiger partial charge < -0.3 is 20.3 Å². The number of nitrogens with zero attached hydrogens (tertiary/aromatic N) is 1. The second-order valence-corrected chi connectivity index (χ2v) is 4.42. The van der Waals surface area contributed by atoms with E-state index in [1.165, 1.54) is 0 Å². The summed E-state index contributed by atoms with van der Waals surface area (Å²) in [7, 11) is 1.68. The number of rotatable bonds is 7. The monoisotopic (exact) mass is 254 g/mol. The van der Waals surface area contributed by atoms with Gasteiger partial charge >= 0.3 is 0 Å². The predicted octanol–water partition coefficient (Wildman–Crippen LogP) is 1.10. The van der Waals surface area contributed by atoms with Crippen LogP contribution in [0.3, 0.4) is 0 Å². The molecular weight excluding hydrogens is 232 g/mol. The first-order valence-electron chi connectivity index (χ1n) is 6.09. The average molecular weight is 254 g/mol. The van der Waals surface area contributed by atoms with E-state index in [2.05, 4.69) is 17.2 Å². The molecule has 0 amide bonds. The van der Waals surface area contributed by atoms with Crippen LogP contribution in [0.2, 0.25) is 0 Å². The molecule has 0 saturated heterocycles. The molecule has 1 heterocycles. The van der Waals surface area contributed by atoms with Gasteiger partial charge in [-0.1, -0.05) is 0 Å². The predicted molar refractivity (Wildman–Crippen MR) is 69.4 cm³/mol. The zero-order valence-electron chi connectivity index (χ0n) is 11.2. The van der Waals surface area contributed by atoms with Crippen molar-refractivity contribution in [2.45, 2.75) is 39.5 Å². The van der Waals surface area contributed by atoms with Gasteiger partial charge in [-0.05, 0) is 20.3 Å². The van der Waals surface area contributed by atoms with Gasteiger partial charge in [0.05, 0.1) is 12.3 Å². The van der Waals surface area contributed by atoms with E-state index in [1.54, 1.807) is 20.2 Å². The molecule has 0 spiro atoms. The van der Waals surface area contributed by atoms with Gasteiger partial charge in [-0.3, -0.25) is 4.98 Å². The Hall–Kier alpha value is -1.17. The van der Waals surface area contributed by atoms with Gasteiger partial charge in [0.2, 0.25) is 0 Å². The highest BCUT2D eigenvalue weighted by Gasteiger charge is 2.12. The highest BCUT2D eigenvalue weighted by molar-refractivity contribution is 5.40. The summed E-state index contributed by atoms with van der Waals surface area (Å²) in [6.45, 7) is 4.89. The fourth-order valence-corrected chi connectivity index (χ4v) is 1.69. The summed E-state index contributed by atoms with van der Waals surface area (Å²) in [6.07, 6.45) is 2.50. The normalized spacial score (nSPS) is 12.7. The number of nitrogens with one attached hydrogen (secondary N) is 1. The number of ether oxygens (including phenoxy) is 1. The van der Waals surface area contributed by atoms with Crippen molar-refractivity contribution in [3.63, 3.8) is 0 Å². The molecule has 1 aromatic heterocycles. The largest absolute Gasteiger partial charge is 0.506 e. The van der Waals surface area contributed by atoms with Crippen LogP contribution in [-0.2, 0) is 17.9 Å². The van der Waals surface area contributed by atoms with Gasteiger partial charge in [-0.25, -0.2) is 0 Å². The quantitative estimate of drug-likeness (QED) is 0.679. The second-order valence-electron chi connectivity index (χ2n) is 4.42. The van der Waals surface area contributed by atoms with Gasteiger partial charge in [0, 0.05) is 43.6 Å². The summed E-state index contributed by atoms with van der Waals surface area (Å²) in [5, 5.41) is 22.5. The van der Waals surface area contributed by atoms with E-state index in [9.17, 15) is 10.2 Å². The van der Waals surface area contributed by atoms with E-state index in [4.69, 9.17) is 4.74 Å². The zero-order valence-corrected chi connectivity index (χ0v) is 11.2. The number of aryl methyl sites for hydroxylation is 1. The number of aromatic nitrogens is 1. The van der Waals surface area contributed by atoms with Gasteiger partial charge in [-0.15, -0.1) is 0 Å². The molecule has 0 radical (unpaired) electrons. The van der Waals surface area contributed by atoms with Crippen molar-refractivity contribution < 1.29 is 14.9 Å². The highest BCUT2D eigenvalue weighted by Crippen LogP contribution is 2.23. The van der Waals surface area contributed by atoms with Gasteiger partial charge in [0.15, 0.2) is 0 Å². The molecule has 0 aromatic carbocycles. The third-order valence-corrected chi connectivity index (χ3v) is 2.98. The van der Waals surface area contributed by atoms with E-state index < -0.39 is 0 Å². The Morgan fingerprint density at radius 1 is 1.50 bits per heavy atom. The van der Waals surface area contributed by atoms with Crippen LogP contribution < -0.4 is 5.32 Å². The molecule has 0 aliphatic rings. The SMILES string of the molecule is COCCC(C)NCc1c(CO)cnc(C)c1O. The molecule has 102 valence electrons. The van der Waals surface area contributed by atoms with Crippen LogP contribution in [0.4, 0.5) is 0 Å². The summed E-state index contributed by atoms with van der Waals surface area (Å²) in [6, 6.07) is 0.282. The maximum absolute atomic E-state index is 9.96. The highest BCUT2D eigenvalue weighted by atomic mass is 16.5. The topological polar surface area (TPSA) is 74.6 Å². The van der Waals surface area contributed by atoms with E-state index in [1.807, 2.05) is 0 Å². The number of aromatic hydroxyl groups is 1. The van der Waals surface area contributed by atoms with E-state index in [0.29, 0.717) is 30.0 Å². The van der Waals surface area contributed by atoms with Crippen LogP contribution in [0.15, 0.2) is 6.20 Å². The van der Waals surface area contributed by atoms with Crippen molar-refractivity contribution in [3.05, 3.63) is 23.0 Å². The lowest BCUT2D eigenvalue weighted by Crippen LogP contribution is -2.27. The zero-order chi connectivity index (χ0) is 13.5. The fourth-order valence-electron chi connectivity index (χ4n) is 1.69. The molecule has 0 aliphatic carbocycles. The lowest BCUT2D eigenvalue weighted by atomic mass is 10.1. The maximum atomic E-state index is 9.96. The first kappa shape index (κ1) is 14.9. The molecule has 1 aromatic rings. The van der Waals surface area contributed by atoms with Crippen molar-refractivity contribution in [3.8, 4) is 5.75 Å². The summed E-state index contributed by atoms with van der Waals surface area (Å²) in [4.78, 5) is 4.03. The van der Waals surface area contributed by atoms with Crippen LogP contribution in [0.5, 0.6) is 5.75 Å². The minimum absolute atomic E-state index is 0.121. The first-order chi connectivity index (χ1) is 8.60. The summed E-state index contributed by atoms with van der Waals surface area (Å²) in [5.41, 5.74) is 1.95. The molecule has 3 N–H and O–H groups in total. The number of hydrogen-bond acceptors (Lipinski definition) is 5. The number of pyridine rings is 1. The maximum Gasteiger partial charge on any atom is 0.141 e. The average Bonchev–Trinajstić information content (AvgIpc) is 2.38. The molecule has 1 atom stereocenters. The fraction of sp³-hybridized carbons (Fsp3) is 0.615. The van der Waals surface area contributed by atoms with Gasteiger partial charge in [0.1, 0.15) is 5.75 Å². The number of hydrogen-bond donors (Lipinski definition) is 3. The number of aliphatic hydroxyl groups excluding tert-OH is 1. The summed E-state index contributed by atoms with van der Waals surface area (Å²) >= 11 is 0. The van der Waals surface area contributed by atoms with Crippen LogP contribution in [-0.4, -0.2) is 35.0 Å². The van der Waals surface area contributed by atoms with E-state index in [-0.39, 0.29) is 18.4 Å². The van der Waals surface area contributed by atoms with Gasteiger partial charge in [0.25, 0.3) is 0 Å². The molecule has 0 fully saturated rings. The Bertz CT molecular complexity index is 383. The Balaban J connectivity index is 2.68. The number of aliphatic hydroxyl groups is 1. The van der Waals surface area contributed by atoms with Crippen LogP contribution in [0.1, 0.15) is 30.2 Å². The molecule has 0 aliphatic heterocycles. The smallest absolute Gasteiger partial charge is 0.141 e. The van der Waals surface area contributed by atoms with Crippen LogP contribution in [0.25, 0.3) is 0 Å². The molecule has 1 unspecified atom stereocenters. The standard InChI is InChI=1S/C13H22N2O3/c1-9(4-5-18-3)14-7-12-11(8-16)6-15-10(2)13(12)17/h6,9,14,16-17H,4-5,7-8H2,1-3H3. The van der Waals surface area contributed by atoms with Crippen molar-refractivity contribution in [2.75, 3.05) is 13.7 Å². The molecule has 5 heteroatoms. The lowest BCUT2D eigenvalue weighted by Gasteiger charge is -2.16. The molecule has 0 bridgehead atoms. The van der Waals surface area contributed by atoms with Gasteiger partial charge in [-0.2, -0.15) is 0 Å². The van der Waals surface area contributed by atoms with Crippen molar-refractivity contribution in [1.82, 2.24) is 10.3 Å². The Morgan fingerprint density at radius 2 is 2.22 bits per heavy atom. The first-order valence-corrected chi connectivity index (χ1v) is 6.09. The molecular formula is C13H22N2O3. The summed E-state index contributed by atoms with van der Waals surface area (Å²) < 4.78 is 5.01. The molecule has 1 rings (SSSR count). The third kappa shape index (κ3) is 3.94. The molecule has 18 heavy (non-hydrogen) atoms. The Morgan fingerprint density at radius 3 is 2.83 bits per heavy atom. The number of methoxy groups -OCH3 is 1. The second kappa shape index (κ2) is 7.31.